The van der Waals surface area contributed by atoms with E-state index in [9.17, 15) is 20.0 Å². The highest BCUT2D eigenvalue weighted by atomic mass is 32.1. The number of phenolic OH excluding ortho intramolecular Hbond substituents is 1. The van der Waals surface area contributed by atoms with E-state index in [1.807, 2.05) is 13.8 Å². The molecular weight excluding hydrogens is 374 g/mol. The van der Waals surface area contributed by atoms with Gasteiger partial charge in [0.1, 0.15) is 0 Å². The van der Waals surface area contributed by atoms with E-state index in [1.54, 1.807) is 6.92 Å². The molecule has 1 atom stereocenters. The second kappa shape index (κ2) is 8.21. The number of methoxy groups -OCH3 is 1. The molecule has 27 heavy (non-hydrogen) atoms. The fourth-order valence-electron chi connectivity index (χ4n) is 2.61. The minimum atomic E-state index is -0.799. The molecule has 0 saturated heterocycles. The van der Waals surface area contributed by atoms with Gasteiger partial charge in [0, 0.05) is 11.8 Å². The van der Waals surface area contributed by atoms with Crippen LogP contribution >= 0.6 is 12.2 Å². The van der Waals surface area contributed by atoms with Crippen molar-refractivity contribution in [3.63, 3.8) is 0 Å². The van der Waals surface area contributed by atoms with Crippen LogP contribution < -0.4 is 15.4 Å². The van der Waals surface area contributed by atoms with Crippen molar-refractivity contribution in [1.82, 2.24) is 10.6 Å². The molecule has 0 spiro atoms. The molecule has 1 aliphatic heterocycles. The number of nitrogens with zero attached hydrogens (tertiary/aromatic N) is 1. The van der Waals surface area contributed by atoms with Gasteiger partial charge in [-0.3, -0.25) is 10.1 Å². The fourth-order valence-corrected chi connectivity index (χ4v) is 2.88. The van der Waals surface area contributed by atoms with Crippen LogP contribution in [0.4, 0.5) is 5.69 Å². The van der Waals surface area contributed by atoms with E-state index >= 15 is 0 Å². The molecule has 9 nitrogen and oxygen atoms in total. The van der Waals surface area contributed by atoms with Gasteiger partial charge >= 0.3 is 11.7 Å². The highest BCUT2D eigenvalue weighted by Gasteiger charge is 2.33. The van der Waals surface area contributed by atoms with Gasteiger partial charge in [-0.05, 0) is 36.7 Å². The van der Waals surface area contributed by atoms with Crippen molar-refractivity contribution in [3.8, 4) is 11.5 Å². The maximum Gasteiger partial charge on any atom is 0.338 e. The average Bonchev–Trinajstić information content (AvgIpc) is 2.58. The predicted molar refractivity (Wildman–Crippen MR) is 101 cm³/mol. The monoisotopic (exact) mass is 395 g/mol. The highest BCUT2D eigenvalue weighted by molar-refractivity contribution is 7.80. The number of phenols is 1. The van der Waals surface area contributed by atoms with E-state index in [0.717, 1.165) is 0 Å². The topological polar surface area (TPSA) is 123 Å². The van der Waals surface area contributed by atoms with Crippen molar-refractivity contribution in [2.45, 2.75) is 26.8 Å². The molecule has 2 rings (SSSR count). The molecule has 10 heteroatoms. The summed E-state index contributed by atoms with van der Waals surface area (Å²) in [7, 11) is 1.28. The summed E-state index contributed by atoms with van der Waals surface area (Å²) in [6.45, 7) is 5.71. The van der Waals surface area contributed by atoms with Crippen LogP contribution in [0.3, 0.4) is 0 Å². The SMILES string of the molecule is COc1cc(C2NC(=S)NC(C)=C2C(=O)OCC(C)C)cc([N+](=O)[O-])c1O. The summed E-state index contributed by atoms with van der Waals surface area (Å²) in [5, 5.41) is 27.3. The van der Waals surface area contributed by atoms with Gasteiger partial charge in [0.15, 0.2) is 10.9 Å². The second-order valence-corrected chi connectivity index (χ2v) is 6.82. The molecule has 3 N–H and O–H groups in total. The quantitative estimate of drug-likeness (QED) is 0.288. The third kappa shape index (κ3) is 4.45. The number of rotatable bonds is 6. The second-order valence-electron chi connectivity index (χ2n) is 6.41. The first-order chi connectivity index (χ1) is 12.6. The highest BCUT2D eigenvalue weighted by Crippen LogP contribution is 2.40. The number of ether oxygens (including phenoxy) is 2. The minimum Gasteiger partial charge on any atom is -0.500 e. The summed E-state index contributed by atoms with van der Waals surface area (Å²) >= 11 is 5.15. The lowest BCUT2D eigenvalue weighted by atomic mass is 9.94. The maximum atomic E-state index is 12.6. The number of esters is 1. The van der Waals surface area contributed by atoms with E-state index in [1.165, 1.54) is 19.2 Å². The molecule has 1 aromatic carbocycles. The van der Waals surface area contributed by atoms with E-state index in [0.29, 0.717) is 11.3 Å². The van der Waals surface area contributed by atoms with E-state index in [-0.39, 0.29) is 29.0 Å². The molecule has 0 bridgehead atoms. The van der Waals surface area contributed by atoms with E-state index in [4.69, 9.17) is 21.7 Å². The number of thiocarbonyl (C=S) groups is 1. The molecule has 0 amide bonds. The third-order valence-electron chi connectivity index (χ3n) is 3.86. The summed E-state index contributed by atoms with van der Waals surface area (Å²) in [6, 6.07) is 1.79. The molecule has 0 aliphatic carbocycles. The smallest absolute Gasteiger partial charge is 0.338 e. The Morgan fingerprint density at radius 3 is 2.67 bits per heavy atom. The van der Waals surface area contributed by atoms with Gasteiger partial charge in [-0.2, -0.15) is 0 Å². The molecule has 0 saturated carbocycles. The largest absolute Gasteiger partial charge is 0.500 e. The van der Waals surface area contributed by atoms with Crippen LogP contribution in [0.15, 0.2) is 23.4 Å². The Hall–Kier alpha value is -2.88. The third-order valence-corrected chi connectivity index (χ3v) is 4.08. The molecule has 1 aromatic rings. The first kappa shape index (κ1) is 20.4. The molecule has 0 aromatic heterocycles. The number of hydrogen-bond donors (Lipinski definition) is 3. The average molecular weight is 395 g/mol. The number of nitro benzene ring substituents is 1. The van der Waals surface area contributed by atoms with Crippen LogP contribution in [0.1, 0.15) is 32.4 Å². The van der Waals surface area contributed by atoms with Gasteiger partial charge < -0.3 is 25.2 Å². The van der Waals surface area contributed by atoms with Gasteiger partial charge in [-0.25, -0.2) is 4.79 Å². The molecular formula is C17H21N3O6S. The first-order valence-electron chi connectivity index (χ1n) is 8.16. The number of nitrogens with one attached hydrogen (secondary N) is 2. The van der Waals surface area contributed by atoms with Crippen LogP contribution in [0, 0.1) is 16.0 Å². The number of carbonyl (C=O) groups is 1. The van der Waals surface area contributed by atoms with Crippen molar-refractivity contribution in [1.29, 1.82) is 0 Å². The lowest BCUT2D eigenvalue weighted by Crippen LogP contribution is -2.45. The van der Waals surface area contributed by atoms with Gasteiger partial charge in [-0.15, -0.1) is 0 Å². The Morgan fingerprint density at radius 1 is 1.44 bits per heavy atom. The Balaban J connectivity index is 2.54. The number of nitro groups is 1. The molecule has 146 valence electrons. The van der Waals surface area contributed by atoms with Crippen molar-refractivity contribution in [2.24, 2.45) is 5.92 Å². The normalized spacial score (nSPS) is 16.6. The number of allylic oxidation sites excluding steroid dienone is 1. The van der Waals surface area contributed by atoms with Crippen LogP contribution in [0.5, 0.6) is 11.5 Å². The Morgan fingerprint density at radius 2 is 2.11 bits per heavy atom. The predicted octanol–water partition coefficient (Wildman–Crippen LogP) is 2.30. The molecule has 1 aliphatic rings. The maximum absolute atomic E-state index is 12.6. The lowest BCUT2D eigenvalue weighted by molar-refractivity contribution is -0.386. The molecule has 1 unspecified atom stereocenters. The van der Waals surface area contributed by atoms with E-state index in [2.05, 4.69) is 10.6 Å². The number of aromatic hydroxyl groups is 1. The Labute approximate surface area is 161 Å². The zero-order valence-electron chi connectivity index (χ0n) is 15.4. The summed E-state index contributed by atoms with van der Waals surface area (Å²) in [4.78, 5) is 23.2. The molecule has 1 heterocycles. The molecule has 0 radical (unpaired) electrons. The number of carbonyl (C=O) groups excluding carboxylic acids is 1. The molecule has 0 fully saturated rings. The zero-order valence-corrected chi connectivity index (χ0v) is 16.2. The Kier molecular flexibility index (Phi) is 6.21. The van der Waals surface area contributed by atoms with Crippen LogP contribution in [0.25, 0.3) is 0 Å². The minimum absolute atomic E-state index is 0.0852. The van der Waals surface area contributed by atoms with Gasteiger partial charge in [0.05, 0.1) is 30.3 Å². The summed E-state index contributed by atoms with van der Waals surface area (Å²) in [5.41, 5.74) is 0.512. The zero-order chi connectivity index (χ0) is 20.3. The van der Waals surface area contributed by atoms with Crippen LogP contribution in [0.2, 0.25) is 0 Å². The summed E-state index contributed by atoms with van der Waals surface area (Å²) < 4.78 is 10.4. The lowest BCUT2D eigenvalue weighted by Gasteiger charge is -2.30. The van der Waals surface area contributed by atoms with Crippen molar-refractivity contribution < 1.29 is 24.3 Å². The number of hydrogen-bond acceptors (Lipinski definition) is 7. The van der Waals surface area contributed by atoms with Gasteiger partial charge in [0.2, 0.25) is 5.75 Å². The van der Waals surface area contributed by atoms with Gasteiger partial charge in [0.25, 0.3) is 0 Å². The van der Waals surface area contributed by atoms with Gasteiger partial charge in [-0.1, -0.05) is 13.8 Å². The van der Waals surface area contributed by atoms with Crippen LogP contribution in [-0.2, 0) is 9.53 Å². The van der Waals surface area contributed by atoms with E-state index < -0.39 is 28.4 Å². The standard InChI is InChI=1S/C17H21N3O6S/c1-8(2)7-26-16(22)13-9(3)18-17(27)19-14(13)10-5-11(20(23)24)15(21)12(6-10)25-4/h5-6,8,14,21H,7H2,1-4H3,(H2,18,19,27). The van der Waals surface area contributed by atoms with Crippen molar-refractivity contribution >= 4 is 29.0 Å². The summed E-state index contributed by atoms with van der Waals surface area (Å²) in [5.74, 6) is -1.09. The van der Waals surface area contributed by atoms with Crippen molar-refractivity contribution in [2.75, 3.05) is 13.7 Å². The fraction of sp³-hybridized carbons (Fsp3) is 0.412. The van der Waals surface area contributed by atoms with Crippen LogP contribution in [-0.4, -0.2) is 34.8 Å². The van der Waals surface area contributed by atoms with Crippen molar-refractivity contribution in [3.05, 3.63) is 39.1 Å². The Bertz CT molecular complexity index is 821. The first-order valence-corrected chi connectivity index (χ1v) is 8.57. The summed E-state index contributed by atoms with van der Waals surface area (Å²) in [6.07, 6.45) is 0. The number of benzene rings is 1.